The summed E-state index contributed by atoms with van der Waals surface area (Å²) in [5, 5.41) is 34.9. The van der Waals surface area contributed by atoms with Crippen molar-refractivity contribution in [2.24, 2.45) is 0 Å². The first-order chi connectivity index (χ1) is 7.58. The maximum Gasteiger partial charge on any atom is 0.115 e. The van der Waals surface area contributed by atoms with Gasteiger partial charge < -0.3 is 20.4 Å². The molecular formula is C12H16O4. The summed E-state index contributed by atoms with van der Waals surface area (Å²) >= 11 is 0. The zero-order chi connectivity index (χ0) is 12.0. The monoisotopic (exact) mass is 224 g/mol. The van der Waals surface area contributed by atoms with Crippen LogP contribution in [0.25, 0.3) is 0 Å². The van der Waals surface area contributed by atoms with Crippen molar-refractivity contribution in [3.8, 4) is 11.5 Å². The van der Waals surface area contributed by atoms with Crippen molar-refractivity contribution in [3.05, 3.63) is 36.4 Å². The fourth-order valence-electron chi connectivity index (χ4n) is 1.24. The summed E-state index contributed by atoms with van der Waals surface area (Å²) in [6, 6.07) is 5.70. The van der Waals surface area contributed by atoms with Crippen LogP contribution in [0.1, 0.15) is 12.8 Å². The Balaban J connectivity index is 0.000000160. The first-order valence-corrected chi connectivity index (χ1v) is 5.10. The highest BCUT2D eigenvalue weighted by molar-refractivity contribution is 5.28. The molecule has 0 amide bonds. The van der Waals surface area contributed by atoms with Gasteiger partial charge in [-0.15, -0.1) is 0 Å². The van der Waals surface area contributed by atoms with E-state index in [0.29, 0.717) is 12.8 Å². The van der Waals surface area contributed by atoms with Gasteiger partial charge in [0.15, 0.2) is 0 Å². The summed E-state index contributed by atoms with van der Waals surface area (Å²) < 4.78 is 0. The molecule has 0 spiro atoms. The number of hydrogen-bond acceptors (Lipinski definition) is 4. The number of aliphatic hydroxyl groups excluding tert-OH is 2. The Labute approximate surface area is 94.1 Å². The van der Waals surface area contributed by atoms with Crippen molar-refractivity contribution >= 4 is 0 Å². The minimum absolute atomic E-state index is 0.169. The second-order valence-electron chi connectivity index (χ2n) is 3.61. The average Bonchev–Trinajstić information content (AvgIpc) is 2.28. The Morgan fingerprint density at radius 3 is 1.31 bits per heavy atom. The van der Waals surface area contributed by atoms with Crippen molar-refractivity contribution in [3.63, 3.8) is 0 Å². The zero-order valence-electron chi connectivity index (χ0n) is 8.82. The quantitative estimate of drug-likeness (QED) is 0.394. The smallest absolute Gasteiger partial charge is 0.115 e. The van der Waals surface area contributed by atoms with E-state index in [1.807, 2.05) is 0 Å². The molecule has 0 aliphatic heterocycles. The number of aliphatic hydroxyl groups is 2. The molecule has 2 unspecified atom stereocenters. The van der Waals surface area contributed by atoms with Gasteiger partial charge in [0.2, 0.25) is 0 Å². The molecule has 2 atom stereocenters. The molecule has 0 saturated heterocycles. The van der Waals surface area contributed by atoms with Crippen LogP contribution in [0.15, 0.2) is 36.4 Å². The highest BCUT2D eigenvalue weighted by atomic mass is 16.3. The van der Waals surface area contributed by atoms with Crippen LogP contribution < -0.4 is 0 Å². The summed E-state index contributed by atoms with van der Waals surface area (Å²) in [5.74, 6) is 0.339. The normalized spacial score (nSPS) is 23.4. The average molecular weight is 224 g/mol. The fraction of sp³-hybridized carbons (Fsp3) is 0.333. The Morgan fingerprint density at radius 1 is 0.750 bits per heavy atom. The zero-order valence-corrected chi connectivity index (χ0v) is 8.82. The molecule has 88 valence electrons. The summed E-state index contributed by atoms with van der Waals surface area (Å²) in [5.41, 5.74) is 0. The van der Waals surface area contributed by atoms with Crippen LogP contribution in [0.5, 0.6) is 11.5 Å². The van der Waals surface area contributed by atoms with Crippen LogP contribution in [0, 0.1) is 0 Å². The van der Waals surface area contributed by atoms with Crippen LogP contribution >= 0.6 is 0 Å². The molecule has 4 nitrogen and oxygen atoms in total. The van der Waals surface area contributed by atoms with Gasteiger partial charge in [0.05, 0.1) is 12.2 Å². The summed E-state index contributed by atoms with van der Waals surface area (Å²) in [6.45, 7) is 0. The highest BCUT2D eigenvalue weighted by Crippen LogP contribution is 2.13. The van der Waals surface area contributed by atoms with E-state index in [1.165, 1.54) is 24.3 Å². The topological polar surface area (TPSA) is 80.9 Å². The molecule has 1 aliphatic carbocycles. The third-order valence-electron chi connectivity index (χ3n) is 2.16. The predicted octanol–water partition coefficient (Wildman–Crippen LogP) is 1.16. The van der Waals surface area contributed by atoms with Crippen LogP contribution in [0.3, 0.4) is 0 Å². The third-order valence-corrected chi connectivity index (χ3v) is 2.16. The van der Waals surface area contributed by atoms with E-state index < -0.39 is 0 Å². The van der Waals surface area contributed by atoms with Gasteiger partial charge in [0.1, 0.15) is 11.5 Å². The van der Waals surface area contributed by atoms with Crippen LogP contribution in [0.4, 0.5) is 0 Å². The summed E-state index contributed by atoms with van der Waals surface area (Å²) in [6.07, 6.45) is 4.01. The van der Waals surface area contributed by atoms with Gasteiger partial charge in [-0.2, -0.15) is 0 Å². The summed E-state index contributed by atoms with van der Waals surface area (Å²) in [4.78, 5) is 0. The molecule has 4 N–H and O–H groups in total. The van der Waals surface area contributed by atoms with Gasteiger partial charge in [-0.1, -0.05) is 12.2 Å². The molecule has 0 heterocycles. The minimum Gasteiger partial charge on any atom is -0.508 e. The molecular weight excluding hydrogens is 208 g/mol. The lowest BCUT2D eigenvalue weighted by molar-refractivity contribution is 0.146. The van der Waals surface area contributed by atoms with E-state index >= 15 is 0 Å². The van der Waals surface area contributed by atoms with Gasteiger partial charge >= 0.3 is 0 Å². The van der Waals surface area contributed by atoms with E-state index in [9.17, 15) is 0 Å². The number of phenolic OH excluding ortho intramolecular Hbond substituents is 2. The number of aromatic hydroxyl groups is 2. The van der Waals surface area contributed by atoms with Gasteiger partial charge in [-0.3, -0.25) is 0 Å². The van der Waals surface area contributed by atoms with Crippen LogP contribution in [-0.4, -0.2) is 32.6 Å². The Hall–Kier alpha value is -1.52. The largest absolute Gasteiger partial charge is 0.508 e. The molecule has 0 radical (unpaired) electrons. The number of phenols is 2. The van der Waals surface area contributed by atoms with Crippen LogP contribution in [0.2, 0.25) is 0 Å². The molecule has 1 aromatic rings. The summed E-state index contributed by atoms with van der Waals surface area (Å²) in [7, 11) is 0. The molecule has 2 rings (SSSR count). The molecule has 1 aromatic carbocycles. The van der Waals surface area contributed by atoms with E-state index in [1.54, 1.807) is 12.2 Å². The molecule has 0 bridgehead atoms. The fourth-order valence-corrected chi connectivity index (χ4v) is 1.24. The highest BCUT2D eigenvalue weighted by Gasteiger charge is 2.09. The van der Waals surface area contributed by atoms with E-state index in [4.69, 9.17) is 20.4 Å². The molecule has 4 heteroatoms. The molecule has 1 aliphatic rings. The van der Waals surface area contributed by atoms with Crippen molar-refractivity contribution in [1.82, 2.24) is 0 Å². The lowest BCUT2D eigenvalue weighted by Gasteiger charge is -2.13. The maximum atomic E-state index is 8.83. The number of rotatable bonds is 0. The number of hydrogen-bond donors (Lipinski definition) is 4. The van der Waals surface area contributed by atoms with Crippen LogP contribution in [-0.2, 0) is 0 Å². The SMILES string of the molecule is OC1C=CC(O)CC1.Oc1ccc(O)cc1. The number of benzene rings is 1. The standard InChI is InChI=1S/C6H10O2.C6H6O2/c2*7-5-1-2-6(8)4-3-5/h1-2,5-8H,3-4H2;1-4,7-8H. The van der Waals surface area contributed by atoms with E-state index in [-0.39, 0.29) is 23.7 Å². The van der Waals surface area contributed by atoms with E-state index in [2.05, 4.69) is 0 Å². The molecule has 0 aromatic heterocycles. The van der Waals surface area contributed by atoms with Crippen molar-refractivity contribution in [2.75, 3.05) is 0 Å². The van der Waals surface area contributed by atoms with E-state index in [0.717, 1.165) is 0 Å². The maximum absolute atomic E-state index is 8.83. The minimum atomic E-state index is -0.321. The van der Waals surface area contributed by atoms with Crippen molar-refractivity contribution in [1.29, 1.82) is 0 Å². The van der Waals surface area contributed by atoms with Gasteiger partial charge in [-0.05, 0) is 37.1 Å². The molecule has 0 fully saturated rings. The first-order valence-electron chi connectivity index (χ1n) is 5.10. The second-order valence-corrected chi connectivity index (χ2v) is 3.61. The Morgan fingerprint density at radius 2 is 1.06 bits per heavy atom. The van der Waals surface area contributed by atoms with Crippen molar-refractivity contribution < 1.29 is 20.4 Å². The van der Waals surface area contributed by atoms with Gasteiger partial charge in [0, 0.05) is 0 Å². The lowest BCUT2D eigenvalue weighted by Crippen LogP contribution is -2.14. The first kappa shape index (κ1) is 12.5. The predicted molar refractivity (Wildman–Crippen MR) is 60.2 cm³/mol. The lowest BCUT2D eigenvalue weighted by atomic mass is 10.0. The Kier molecular flexibility index (Phi) is 4.82. The van der Waals surface area contributed by atoms with Gasteiger partial charge in [0.25, 0.3) is 0 Å². The molecule has 16 heavy (non-hydrogen) atoms. The molecule has 0 saturated carbocycles. The van der Waals surface area contributed by atoms with Crippen molar-refractivity contribution in [2.45, 2.75) is 25.0 Å². The Bertz CT molecular complexity index is 298. The van der Waals surface area contributed by atoms with Gasteiger partial charge in [-0.25, -0.2) is 0 Å². The third kappa shape index (κ3) is 4.82. The second kappa shape index (κ2) is 6.15.